The van der Waals surface area contributed by atoms with E-state index < -0.39 is 24.0 Å². The van der Waals surface area contributed by atoms with Crippen molar-refractivity contribution in [3.63, 3.8) is 0 Å². The van der Waals surface area contributed by atoms with Gasteiger partial charge in [-0.15, -0.1) is 0 Å². The molecule has 0 aromatic heterocycles. The van der Waals surface area contributed by atoms with Crippen LogP contribution in [-0.2, 0) is 10.2 Å². The monoisotopic (exact) mass is 613 g/mol. The number of halogens is 4. The number of amides is 2. The van der Waals surface area contributed by atoms with Crippen LogP contribution in [0.25, 0.3) is 11.1 Å². The van der Waals surface area contributed by atoms with Crippen molar-refractivity contribution in [2.75, 3.05) is 26.2 Å². The molecule has 2 amide bonds. The van der Waals surface area contributed by atoms with Crippen LogP contribution in [0.4, 0.5) is 13.2 Å². The second-order valence-corrected chi connectivity index (χ2v) is 11.9. The molecule has 0 unspecified atom stereocenters. The molecule has 2 N–H and O–H groups in total. The molecule has 2 aliphatic rings. The number of hydrogen-bond acceptors (Lipinski definition) is 4. The van der Waals surface area contributed by atoms with Crippen molar-refractivity contribution in [2.45, 2.75) is 56.7 Å². The molecule has 43 heavy (non-hydrogen) atoms. The second-order valence-electron chi connectivity index (χ2n) is 11.5. The van der Waals surface area contributed by atoms with Gasteiger partial charge < -0.3 is 10.2 Å². The van der Waals surface area contributed by atoms with Crippen LogP contribution in [0, 0.1) is 6.92 Å². The molecule has 0 spiro atoms. The van der Waals surface area contributed by atoms with Gasteiger partial charge in [-0.3, -0.25) is 14.8 Å². The first-order valence-corrected chi connectivity index (χ1v) is 14.9. The molecule has 1 fully saturated rings. The number of likely N-dealkylation sites (tertiary alicyclic amines) is 1. The van der Waals surface area contributed by atoms with Crippen molar-refractivity contribution in [1.29, 1.82) is 0 Å². The number of unbranched alkanes of at least 4 members (excludes halogenated alkanes) is 1. The third-order valence-corrected chi connectivity index (χ3v) is 8.87. The Kier molecular flexibility index (Phi) is 9.15. The van der Waals surface area contributed by atoms with E-state index >= 15 is 0 Å². The summed E-state index contributed by atoms with van der Waals surface area (Å²) in [7, 11) is 0. The van der Waals surface area contributed by atoms with E-state index in [9.17, 15) is 28.0 Å². The lowest BCUT2D eigenvalue weighted by atomic mass is 9.73. The van der Waals surface area contributed by atoms with E-state index in [1.807, 2.05) is 37.3 Å². The number of hydrogen-bond donors (Lipinski definition) is 2. The summed E-state index contributed by atoms with van der Waals surface area (Å²) in [6.45, 7) is 2.49. The minimum atomic E-state index is -4.73. The standard InChI is InChI=1S/C33H35ClF3N3O3/c1-22-12-13-23(34)20-27(22)30(41)38-24-14-18-39(19-15-24)17-7-6-16-32(31(42)40(43)21-33(35,36)37)28-10-4-2-8-25(28)26-9-3-5-11-29(26)32/h2-5,8-13,20,24,43H,6-7,14-19,21H2,1H3,(H,38,41). The van der Waals surface area contributed by atoms with Gasteiger partial charge >= 0.3 is 6.18 Å². The van der Waals surface area contributed by atoms with Crippen molar-refractivity contribution in [2.24, 2.45) is 0 Å². The molecular weight excluding hydrogens is 579 g/mol. The topological polar surface area (TPSA) is 72.9 Å². The second kappa shape index (κ2) is 12.7. The van der Waals surface area contributed by atoms with Gasteiger partial charge in [-0.05, 0) is 79.1 Å². The van der Waals surface area contributed by atoms with Crippen LogP contribution >= 0.6 is 11.6 Å². The normalized spacial score (nSPS) is 16.4. The Bertz CT molecular complexity index is 1440. The number of piperidine rings is 1. The predicted octanol–water partition coefficient (Wildman–Crippen LogP) is 6.76. The number of nitrogens with zero attached hydrogens (tertiary/aromatic N) is 2. The van der Waals surface area contributed by atoms with Crippen LogP contribution in [0.1, 0.15) is 59.2 Å². The van der Waals surface area contributed by atoms with Gasteiger partial charge in [0.1, 0.15) is 12.0 Å². The number of carbonyl (C=O) groups excluding carboxylic acids is 2. The zero-order valence-corrected chi connectivity index (χ0v) is 24.7. The van der Waals surface area contributed by atoms with E-state index in [0.717, 1.165) is 55.6 Å². The number of alkyl halides is 3. The van der Waals surface area contributed by atoms with Gasteiger partial charge in [0.15, 0.2) is 0 Å². The minimum Gasteiger partial charge on any atom is -0.349 e. The lowest BCUT2D eigenvalue weighted by Gasteiger charge is -2.35. The Balaban J connectivity index is 1.23. The fraction of sp³-hybridized carbons (Fsp3) is 0.394. The van der Waals surface area contributed by atoms with Crippen LogP contribution in [-0.4, -0.2) is 65.4 Å². The molecular formula is C33H35ClF3N3O3. The molecule has 3 aromatic rings. The van der Waals surface area contributed by atoms with E-state index in [2.05, 4.69) is 10.2 Å². The predicted molar refractivity (Wildman–Crippen MR) is 159 cm³/mol. The van der Waals surface area contributed by atoms with E-state index in [-0.39, 0.29) is 23.4 Å². The molecule has 1 heterocycles. The third-order valence-electron chi connectivity index (χ3n) is 8.64. The molecule has 6 nitrogen and oxygen atoms in total. The molecule has 3 aromatic carbocycles. The number of hydroxylamine groups is 2. The largest absolute Gasteiger partial charge is 0.408 e. The number of fused-ring (bicyclic) bond motifs is 3. The van der Waals surface area contributed by atoms with Gasteiger partial charge in [-0.2, -0.15) is 13.2 Å². The van der Waals surface area contributed by atoms with Crippen molar-refractivity contribution >= 4 is 23.4 Å². The van der Waals surface area contributed by atoms with Crippen LogP contribution < -0.4 is 5.32 Å². The maximum absolute atomic E-state index is 13.8. The van der Waals surface area contributed by atoms with E-state index in [4.69, 9.17) is 11.6 Å². The van der Waals surface area contributed by atoms with E-state index in [1.165, 1.54) is 0 Å². The van der Waals surface area contributed by atoms with Crippen LogP contribution in [0.5, 0.6) is 0 Å². The van der Waals surface area contributed by atoms with Gasteiger partial charge in [-0.25, -0.2) is 5.06 Å². The summed E-state index contributed by atoms with van der Waals surface area (Å²) in [4.78, 5) is 28.9. The molecule has 1 saturated heterocycles. The SMILES string of the molecule is Cc1ccc(Cl)cc1C(=O)NC1CCN(CCCCC2(C(=O)N(O)CC(F)(F)F)c3ccccc3-c3ccccc32)CC1. The number of rotatable bonds is 9. The summed E-state index contributed by atoms with van der Waals surface area (Å²) in [6, 6.07) is 19.8. The van der Waals surface area contributed by atoms with Crippen molar-refractivity contribution in [3.8, 4) is 11.1 Å². The molecule has 10 heteroatoms. The Labute approximate surface area is 254 Å². The number of carbonyl (C=O) groups is 2. The first kappa shape index (κ1) is 31.0. The van der Waals surface area contributed by atoms with Crippen molar-refractivity contribution in [3.05, 3.63) is 94.0 Å². The summed E-state index contributed by atoms with van der Waals surface area (Å²) in [5.41, 5.74) is 2.86. The van der Waals surface area contributed by atoms with E-state index in [1.54, 1.807) is 36.4 Å². The number of benzene rings is 3. The number of aryl methyl sites for hydroxylation is 1. The first-order chi connectivity index (χ1) is 20.5. The third kappa shape index (κ3) is 6.59. The van der Waals surface area contributed by atoms with Crippen LogP contribution in [0.3, 0.4) is 0 Å². The lowest BCUT2D eigenvalue weighted by Crippen LogP contribution is -2.48. The molecule has 0 radical (unpaired) electrons. The highest BCUT2D eigenvalue weighted by molar-refractivity contribution is 6.31. The molecule has 0 atom stereocenters. The highest BCUT2D eigenvalue weighted by Gasteiger charge is 2.51. The van der Waals surface area contributed by atoms with Crippen molar-refractivity contribution < 1.29 is 28.0 Å². The van der Waals surface area contributed by atoms with Crippen LogP contribution in [0.15, 0.2) is 66.7 Å². The summed E-state index contributed by atoms with van der Waals surface area (Å²) < 4.78 is 39.6. The Hall–Kier alpha value is -3.40. The molecule has 1 aliphatic carbocycles. The summed E-state index contributed by atoms with van der Waals surface area (Å²) in [5.74, 6) is -1.09. The van der Waals surface area contributed by atoms with E-state index in [0.29, 0.717) is 28.1 Å². The van der Waals surface area contributed by atoms with Gasteiger partial charge in [-0.1, -0.05) is 72.6 Å². The van der Waals surface area contributed by atoms with Gasteiger partial charge in [0, 0.05) is 29.7 Å². The quantitative estimate of drug-likeness (QED) is 0.159. The molecule has 0 saturated carbocycles. The Morgan fingerprint density at radius 2 is 1.60 bits per heavy atom. The molecule has 5 rings (SSSR count). The number of nitrogens with one attached hydrogen (secondary N) is 1. The fourth-order valence-corrected chi connectivity index (χ4v) is 6.69. The van der Waals surface area contributed by atoms with Crippen molar-refractivity contribution in [1.82, 2.24) is 15.3 Å². The lowest BCUT2D eigenvalue weighted by molar-refractivity contribution is -0.215. The average Bonchev–Trinajstić information content (AvgIpc) is 3.26. The summed E-state index contributed by atoms with van der Waals surface area (Å²) in [5, 5.41) is 13.9. The smallest absolute Gasteiger partial charge is 0.349 e. The highest BCUT2D eigenvalue weighted by Crippen LogP contribution is 2.52. The van der Waals surface area contributed by atoms with Gasteiger partial charge in [0.05, 0.1) is 0 Å². The first-order valence-electron chi connectivity index (χ1n) is 14.6. The Morgan fingerprint density at radius 3 is 2.21 bits per heavy atom. The molecule has 228 valence electrons. The van der Waals surface area contributed by atoms with Gasteiger partial charge in [0.2, 0.25) is 0 Å². The average molecular weight is 614 g/mol. The molecule has 0 bridgehead atoms. The highest BCUT2D eigenvalue weighted by atomic mass is 35.5. The van der Waals surface area contributed by atoms with Crippen LogP contribution in [0.2, 0.25) is 5.02 Å². The maximum atomic E-state index is 13.8. The minimum absolute atomic E-state index is 0.0543. The maximum Gasteiger partial charge on any atom is 0.408 e. The Morgan fingerprint density at radius 1 is 1.00 bits per heavy atom. The zero-order chi connectivity index (χ0) is 30.8. The summed E-state index contributed by atoms with van der Waals surface area (Å²) >= 11 is 6.08. The summed E-state index contributed by atoms with van der Waals surface area (Å²) in [6.07, 6.45) is -1.58. The fourth-order valence-electron chi connectivity index (χ4n) is 6.52. The molecule has 1 aliphatic heterocycles. The zero-order valence-electron chi connectivity index (χ0n) is 24.0. The van der Waals surface area contributed by atoms with Gasteiger partial charge in [0.25, 0.3) is 11.8 Å².